The molecular weight excluding hydrogens is 329 g/mol. The maximum Gasteiger partial charge on any atom is 0.187 e. The summed E-state index contributed by atoms with van der Waals surface area (Å²) in [5.74, 6) is 2.15. The first-order chi connectivity index (χ1) is 11.7. The van der Waals surface area contributed by atoms with Crippen molar-refractivity contribution in [3.8, 4) is 0 Å². The van der Waals surface area contributed by atoms with Gasteiger partial charge in [-0.15, -0.1) is 0 Å². The lowest BCUT2D eigenvalue weighted by molar-refractivity contribution is 0.533. The highest BCUT2D eigenvalue weighted by molar-refractivity contribution is 6.30. The van der Waals surface area contributed by atoms with Gasteiger partial charge in [0, 0.05) is 44.2 Å². The molecule has 4 rings (SSSR count). The van der Waals surface area contributed by atoms with Gasteiger partial charge in [-0.3, -0.25) is 0 Å². The van der Waals surface area contributed by atoms with Crippen LogP contribution in [0.4, 0.5) is 16.0 Å². The minimum absolute atomic E-state index is 0.267. The van der Waals surface area contributed by atoms with Crippen molar-refractivity contribution in [2.45, 2.75) is 13.3 Å². The summed E-state index contributed by atoms with van der Waals surface area (Å²) in [5, 5.41) is 0.648. The lowest BCUT2D eigenvalue weighted by atomic mass is 10.0. The van der Waals surface area contributed by atoms with Crippen molar-refractivity contribution in [1.82, 2.24) is 15.0 Å². The number of aryl methyl sites for hydroxylation is 1. The van der Waals surface area contributed by atoms with Crippen molar-refractivity contribution in [2.24, 2.45) is 11.8 Å². The van der Waals surface area contributed by atoms with Crippen LogP contribution in [-0.2, 0) is 6.42 Å². The van der Waals surface area contributed by atoms with E-state index in [0.717, 1.165) is 32.0 Å². The van der Waals surface area contributed by atoms with Crippen LogP contribution in [0.3, 0.4) is 0 Å². The van der Waals surface area contributed by atoms with Crippen LogP contribution in [0.15, 0.2) is 24.7 Å². The van der Waals surface area contributed by atoms with Crippen molar-refractivity contribution < 1.29 is 4.39 Å². The Morgan fingerprint density at radius 1 is 1.08 bits per heavy atom. The van der Waals surface area contributed by atoms with Gasteiger partial charge in [0.15, 0.2) is 11.6 Å². The summed E-state index contributed by atoms with van der Waals surface area (Å²) < 4.78 is 14.5. The maximum absolute atomic E-state index is 14.5. The van der Waals surface area contributed by atoms with Gasteiger partial charge in [-0.1, -0.05) is 18.5 Å². The summed E-state index contributed by atoms with van der Waals surface area (Å²) in [6.45, 7) is 5.43. The van der Waals surface area contributed by atoms with Gasteiger partial charge in [-0.05, 0) is 18.6 Å². The normalized spacial score (nSPS) is 23.0. The Kier molecular flexibility index (Phi) is 4.00. The minimum Gasteiger partial charge on any atom is -0.356 e. The zero-order chi connectivity index (χ0) is 16.7. The SMILES string of the molecule is CCc1ncnc(N2CC3CN(c4ccc(Cl)cn4)CC3C2)c1F. The van der Waals surface area contributed by atoms with Crippen LogP contribution in [0.1, 0.15) is 12.6 Å². The molecular formula is C17H19ClFN5. The third-order valence-corrected chi connectivity index (χ3v) is 5.22. The van der Waals surface area contributed by atoms with Crippen LogP contribution < -0.4 is 9.80 Å². The molecule has 0 spiro atoms. The molecule has 0 N–H and O–H groups in total. The molecule has 0 aromatic carbocycles. The summed E-state index contributed by atoms with van der Waals surface area (Å²) in [4.78, 5) is 17.0. The van der Waals surface area contributed by atoms with Crippen LogP contribution in [0.25, 0.3) is 0 Å². The van der Waals surface area contributed by atoms with Gasteiger partial charge in [0.2, 0.25) is 0 Å². The van der Waals surface area contributed by atoms with E-state index in [9.17, 15) is 4.39 Å². The Hall–Kier alpha value is -1.95. The van der Waals surface area contributed by atoms with E-state index in [1.54, 1.807) is 6.20 Å². The molecule has 4 heterocycles. The molecule has 0 radical (unpaired) electrons. The molecule has 0 amide bonds. The average molecular weight is 348 g/mol. The average Bonchev–Trinajstić information content (AvgIpc) is 3.14. The van der Waals surface area contributed by atoms with Gasteiger partial charge in [0.05, 0.1) is 10.7 Å². The third kappa shape index (κ3) is 2.69. The molecule has 2 aromatic rings. The first-order valence-electron chi connectivity index (χ1n) is 8.26. The number of hydrogen-bond acceptors (Lipinski definition) is 5. The Bertz CT molecular complexity index is 724. The Morgan fingerprint density at radius 3 is 2.42 bits per heavy atom. The molecule has 2 atom stereocenters. The molecule has 2 aliphatic rings. The van der Waals surface area contributed by atoms with E-state index in [1.807, 2.05) is 19.1 Å². The van der Waals surface area contributed by atoms with Gasteiger partial charge in [0.25, 0.3) is 0 Å². The van der Waals surface area contributed by atoms with Gasteiger partial charge in [0.1, 0.15) is 12.1 Å². The van der Waals surface area contributed by atoms with Crippen molar-refractivity contribution in [3.63, 3.8) is 0 Å². The van der Waals surface area contributed by atoms with E-state index in [1.165, 1.54) is 6.33 Å². The highest BCUT2D eigenvalue weighted by Gasteiger charge is 2.41. The number of rotatable bonds is 3. The predicted molar refractivity (Wildman–Crippen MR) is 92.0 cm³/mol. The molecule has 2 aliphatic heterocycles. The maximum atomic E-state index is 14.5. The number of pyridine rings is 1. The standard InChI is InChI=1S/C17H19ClFN5/c1-2-14-16(19)17(22-10-21-14)24-8-11-6-23(7-12(11)9-24)15-4-3-13(18)5-20-15/h3-5,10-12H,2,6-9H2,1H3. The predicted octanol–water partition coefficient (Wildman–Crippen LogP) is 2.80. The lowest BCUT2D eigenvalue weighted by Gasteiger charge is -2.23. The second-order valence-electron chi connectivity index (χ2n) is 6.48. The fourth-order valence-corrected chi connectivity index (χ4v) is 3.88. The zero-order valence-corrected chi connectivity index (χ0v) is 14.2. The van der Waals surface area contributed by atoms with Crippen molar-refractivity contribution in [2.75, 3.05) is 36.0 Å². The van der Waals surface area contributed by atoms with Crippen LogP contribution in [-0.4, -0.2) is 41.1 Å². The molecule has 2 unspecified atom stereocenters. The van der Waals surface area contributed by atoms with E-state index < -0.39 is 0 Å². The molecule has 2 saturated heterocycles. The Balaban J connectivity index is 1.47. The largest absolute Gasteiger partial charge is 0.356 e. The van der Waals surface area contributed by atoms with Crippen molar-refractivity contribution >= 4 is 23.2 Å². The zero-order valence-electron chi connectivity index (χ0n) is 13.5. The van der Waals surface area contributed by atoms with E-state index >= 15 is 0 Å². The molecule has 7 heteroatoms. The number of fused-ring (bicyclic) bond motifs is 1. The number of hydrogen-bond donors (Lipinski definition) is 0. The summed E-state index contributed by atoms with van der Waals surface area (Å²) in [6.07, 6.45) is 3.73. The number of halogens is 2. The molecule has 24 heavy (non-hydrogen) atoms. The summed E-state index contributed by atoms with van der Waals surface area (Å²) in [6, 6.07) is 3.82. The second kappa shape index (κ2) is 6.16. The monoisotopic (exact) mass is 347 g/mol. The number of aromatic nitrogens is 3. The fraction of sp³-hybridized carbons (Fsp3) is 0.471. The molecule has 5 nitrogen and oxygen atoms in total. The number of anilines is 2. The molecule has 0 saturated carbocycles. The summed E-state index contributed by atoms with van der Waals surface area (Å²) in [7, 11) is 0. The molecule has 126 valence electrons. The second-order valence-corrected chi connectivity index (χ2v) is 6.91. The van der Waals surface area contributed by atoms with E-state index in [4.69, 9.17) is 11.6 Å². The first kappa shape index (κ1) is 15.6. The quantitative estimate of drug-likeness (QED) is 0.854. The topological polar surface area (TPSA) is 45.2 Å². The van der Waals surface area contributed by atoms with Gasteiger partial charge in [-0.25, -0.2) is 19.3 Å². The van der Waals surface area contributed by atoms with E-state index in [0.29, 0.717) is 34.8 Å². The lowest BCUT2D eigenvalue weighted by Crippen LogP contribution is -2.30. The highest BCUT2D eigenvalue weighted by atomic mass is 35.5. The fourth-order valence-electron chi connectivity index (χ4n) is 3.77. The van der Waals surface area contributed by atoms with E-state index in [2.05, 4.69) is 24.8 Å². The van der Waals surface area contributed by atoms with Crippen molar-refractivity contribution in [1.29, 1.82) is 0 Å². The van der Waals surface area contributed by atoms with E-state index in [-0.39, 0.29) is 5.82 Å². The summed E-state index contributed by atoms with van der Waals surface area (Å²) >= 11 is 5.91. The molecule has 0 bridgehead atoms. The third-order valence-electron chi connectivity index (χ3n) is 5.00. The van der Waals surface area contributed by atoms with Gasteiger partial charge < -0.3 is 9.80 Å². The highest BCUT2D eigenvalue weighted by Crippen LogP contribution is 2.36. The molecule has 2 fully saturated rings. The van der Waals surface area contributed by atoms with Crippen LogP contribution >= 0.6 is 11.6 Å². The Labute approximate surface area is 145 Å². The molecule has 0 aliphatic carbocycles. The Morgan fingerprint density at radius 2 is 1.79 bits per heavy atom. The minimum atomic E-state index is -0.267. The van der Waals surface area contributed by atoms with Crippen LogP contribution in [0.2, 0.25) is 5.02 Å². The summed E-state index contributed by atoms with van der Waals surface area (Å²) in [5.41, 5.74) is 0.490. The van der Waals surface area contributed by atoms with Crippen LogP contribution in [0.5, 0.6) is 0 Å². The number of nitrogens with zero attached hydrogens (tertiary/aromatic N) is 5. The molecule has 2 aromatic heterocycles. The smallest absolute Gasteiger partial charge is 0.187 e. The van der Waals surface area contributed by atoms with Gasteiger partial charge >= 0.3 is 0 Å². The van der Waals surface area contributed by atoms with Crippen LogP contribution in [0, 0.1) is 17.7 Å². The van der Waals surface area contributed by atoms with Gasteiger partial charge in [-0.2, -0.15) is 0 Å². The first-order valence-corrected chi connectivity index (χ1v) is 8.64. The van der Waals surface area contributed by atoms with Crippen molar-refractivity contribution in [3.05, 3.63) is 41.2 Å².